The second-order valence-electron chi connectivity index (χ2n) is 30.7. The number of carbonyl (C=O) groups excluding carboxylic acids is 1. The molecular weight excluding hydrogens is 1700 g/mol. The summed E-state index contributed by atoms with van der Waals surface area (Å²) in [5, 5.41) is 0.797. The third kappa shape index (κ3) is 15.2. The van der Waals surface area contributed by atoms with E-state index in [1.807, 2.05) is 0 Å². The van der Waals surface area contributed by atoms with Gasteiger partial charge in [0, 0.05) is 71.2 Å². The summed E-state index contributed by atoms with van der Waals surface area (Å²) in [7, 11) is 0. The first-order valence-corrected chi connectivity index (χ1v) is 43.5. The lowest BCUT2D eigenvalue weighted by Crippen LogP contribution is -2.57. The Hall–Kier alpha value is -0.470. The van der Waals surface area contributed by atoms with E-state index in [0.29, 0.717) is 111 Å². The number of fused-ring (bicyclic) bond motifs is 1. The largest absolute Gasteiger partial charge is 0.325 e. The van der Waals surface area contributed by atoms with Crippen LogP contribution in [0.3, 0.4) is 0 Å². The van der Waals surface area contributed by atoms with Crippen LogP contribution in [0.4, 0.5) is 26.3 Å². The van der Waals surface area contributed by atoms with Gasteiger partial charge in [-0.1, -0.05) is 145 Å². The fraction of sp³-hybridized carbons (Fsp3) is 0.463. The van der Waals surface area contributed by atoms with Crippen molar-refractivity contribution in [3.8, 4) is 0 Å². The monoisotopic (exact) mass is 1780 g/mol. The third-order valence-corrected chi connectivity index (χ3v) is 32.0. The summed E-state index contributed by atoms with van der Waals surface area (Å²) in [6.07, 6.45) is 6.30. The molecule has 7 aromatic rings. The first-order chi connectivity index (χ1) is 49.9. The average Bonchev–Trinajstić information content (AvgIpc) is 1.40. The van der Waals surface area contributed by atoms with Crippen LogP contribution >= 0.6 is 221 Å². The van der Waals surface area contributed by atoms with Crippen LogP contribution < -0.4 is 0 Å². The fourth-order valence-electron chi connectivity index (χ4n) is 20.6. The minimum absolute atomic E-state index is 0.0833. The van der Waals surface area contributed by atoms with Gasteiger partial charge >= 0.3 is 0 Å². The zero-order chi connectivity index (χ0) is 76.0. The molecule has 26 heteroatoms. The summed E-state index contributed by atoms with van der Waals surface area (Å²) in [5.41, 5.74) is 3.52. The van der Waals surface area contributed by atoms with Gasteiger partial charge in [0.2, 0.25) is 0 Å². The highest BCUT2D eigenvalue weighted by atomic mass is 35.5. The molecule has 1 aliphatic heterocycles. The molecule has 6 saturated carbocycles. The van der Waals surface area contributed by atoms with Crippen LogP contribution in [0.2, 0.25) is 30.1 Å². The predicted octanol–water partition coefficient (Wildman–Crippen LogP) is 27.4. The Labute approximate surface area is 713 Å². The molecule has 0 aromatic heterocycles. The van der Waals surface area contributed by atoms with E-state index < -0.39 is 142 Å². The molecule has 7 aliphatic rings. The van der Waals surface area contributed by atoms with Crippen molar-refractivity contribution >= 4 is 227 Å². The highest BCUT2D eigenvalue weighted by molar-refractivity contribution is 8.02. The van der Waals surface area contributed by atoms with E-state index >= 15 is 31.1 Å². The summed E-state index contributed by atoms with van der Waals surface area (Å²) >= 11 is 110. The summed E-state index contributed by atoms with van der Waals surface area (Å²) in [6.45, 7) is 0. The molecule has 13 unspecified atom stereocenters. The van der Waals surface area contributed by atoms with E-state index in [9.17, 15) is 0 Å². The average molecular weight is 1780 g/mol. The molecule has 6 aliphatic carbocycles. The molecule has 7 aromatic carbocycles. The van der Waals surface area contributed by atoms with Crippen molar-refractivity contribution in [3.05, 3.63) is 241 Å². The minimum atomic E-state index is -1.53. The van der Waals surface area contributed by atoms with Crippen molar-refractivity contribution in [2.45, 2.75) is 211 Å². The Bertz CT molecular complexity index is 4610. The molecule has 0 saturated heterocycles. The summed E-state index contributed by atoms with van der Waals surface area (Å²) in [6, 6.07) is 24.7. The first-order valence-electron chi connectivity index (χ1n) is 35.9. The van der Waals surface area contributed by atoms with Crippen LogP contribution in [0.15, 0.2) is 109 Å². The molecule has 566 valence electrons. The first kappa shape index (κ1) is 82.1. The maximum Gasteiger partial charge on any atom is 0.255 e. The Balaban J connectivity index is 1.30. The molecule has 14 rings (SSSR count). The van der Waals surface area contributed by atoms with Crippen molar-refractivity contribution in [1.82, 2.24) is 4.90 Å². The van der Waals surface area contributed by atoms with Crippen LogP contribution in [0.1, 0.15) is 252 Å². The summed E-state index contributed by atoms with van der Waals surface area (Å²) in [5.74, 6) is -15.5. The zero-order valence-corrected chi connectivity index (χ0v) is 72.2. The molecule has 0 spiro atoms. The number of hydrogen-bond donors (Lipinski definition) is 12. The number of carbonyl (C=O) groups is 1. The van der Waals surface area contributed by atoms with Gasteiger partial charge < -0.3 is 4.90 Å². The molecule has 6 fully saturated rings. The van der Waals surface area contributed by atoms with Gasteiger partial charge in [-0.25, -0.2) is 26.3 Å². The standard InChI is InChI=1S/C80H79Cl6F6NOS12/c81-37-13-19-43(55(87)31-37)49-7-1-25-75(95,96)67(49)61-62(68-50(8-2-26-76(68,97)98)44-20-14-38(82)32-56(44)88)64(70-52(10-4-28-78(70,101)102)46-22-16-40(84)34-58(46)90)66-65(63(61)69-51(9-3-27-77(69,99)100)45-21-15-39(83)33-57(45)89)72(71-53(11-5-29-79(71,103)104)47-23-17-41(85)35-59(47)91)93(74(66)94)73-54(12-6-30-80(73,105)106)48-24-18-42(86)36-60(48)92/h13-24,31-36,49-54,67-73,95-106H,1-12,25-30H2. The summed E-state index contributed by atoms with van der Waals surface area (Å²) in [4.78, 5) is 20.9. The van der Waals surface area contributed by atoms with Gasteiger partial charge in [0.25, 0.3) is 5.91 Å². The number of rotatable bonds is 12. The smallest absolute Gasteiger partial charge is 0.255 e. The number of halogens is 12. The lowest BCUT2D eigenvalue weighted by Gasteiger charge is -2.55. The fourth-order valence-corrected chi connectivity index (χ4v) is 27.1. The van der Waals surface area contributed by atoms with Crippen LogP contribution in [-0.4, -0.2) is 41.3 Å². The van der Waals surface area contributed by atoms with E-state index in [4.69, 9.17) is 221 Å². The third-order valence-electron chi connectivity index (χ3n) is 24.6. The van der Waals surface area contributed by atoms with Crippen molar-refractivity contribution in [2.24, 2.45) is 5.92 Å². The van der Waals surface area contributed by atoms with Gasteiger partial charge in [-0.05, 0) is 241 Å². The molecule has 0 bridgehead atoms. The van der Waals surface area contributed by atoms with Gasteiger partial charge in [0.1, 0.15) is 34.9 Å². The normalized spacial score (nSPS) is 29.6. The van der Waals surface area contributed by atoms with Crippen molar-refractivity contribution in [1.29, 1.82) is 0 Å². The van der Waals surface area contributed by atoms with E-state index in [2.05, 4.69) is 0 Å². The minimum Gasteiger partial charge on any atom is -0.325 e. The van der Waals surface area contributed by atoms with Crippen LogP contribution in [0.25, 0.3) is 0 Å². The van der Waals surface area contributed by atoms with Crippen molar-refractivity contribution < 1.29 is 31.1 Å². The van der Waals surface area contributed by atoms with Crippen LogP contribution in [-0.2, 0) is 0 Å². The summed E-state index contributed by atoms with van der Waals surface area (Å²) < 4.78 is 99.3. The molecule has 1 amide bonds. The van der Waals surface area contributed by atoms with E-state index in [1.54, 1.807) is 77.7 Å². The van der Waals surface area contributed by atoms with Gasteiger partial charge in [-0.3, -0.25) is 4.79 Å². The molecule has 13 atom stereocenters. The molecule has 106 heavy (non-hydrogen) atoms. The van der Waals surface area contributed by atoms with Crippen molar-refractivity contribution in [3.63, 3.8) is 0 Å². The van der Waals surface area contributed by atoms with Gasteiger partial charge in [-0.2, -0.15) is 152 Å². The Kier molecular flexibility index (Phi) is 24.4. The molecule has 0 N–H and O–H groups in total. The van der Waals surface area contributed by atoms with Gasteiger partial charge in [-0.15, -0.1) is 0 Å². The number of hydrogen-bond acceptors (Lipinski definition) is 13. The lowest BCUT2D eigenvalue weighted by molar-refractivity contribution is 0.0332. The Morgan fingerprint density at radius 1 is 0.302 bits per heavy atom. The highest BCUT2D eigenvalue weighted by Gasteiger charge is 2.65. The lowest BCUT2D eigenvalue weighted by atomic mass is 9.56. The van der Waals surface area contributed by atoms with E-state index in [1.165, 1.54) is 36.4 Å². The van der Waals surface area contributed by atoms with Gasteiger partial charge in [0.05, 0.1) is 36.6 Å². The van der Waals surface area contributed by atoms with Crippen LogP contribution in [0.5, 0.6) is 0 Å². The number of thiol groups is 12. The Morgan fingerprint density at radius 3 is 0.849 bits per heavy atom. The predicted molar refractivity (Wildman–Crippen MR) is 466 cm³/mol. The van der Waals surface area contributed by atoms with E-state index in [0.717, 1.165) is 0 Å². The SMILES string of the molecule is O=C1c2c(c(C3C(c4ccc(Cl)cc4F)CCCC3(S)S)c(C3C(c4ccc(Cl)cc4F)CCCC3(S)S)c(C3C(c4ccc(Cl)cc4F)CCCC3(S)S)c2C2C(c3ccc(Cl)cc3F)CCCC2(S)S)C(C2C(c3ccc(Cl)cc3F)CCCC2(S)S)N1C1C(c2ccc(Cl)cc2F)CCCC1(S)S. The maximum atomic E-state index is 19.1. The Morgan fingerprint density at radius 2 is 0.538 bits per heavy atom. The number of benzene rings is 7. The highest BCUT2D eigenvalue weighted by Crippen LogP contribution is 2.73. The van der Waals surface area contributed by atoms with Crippen LogP contribution in [0, 0.1) is 40.8 Å². The van der Waals surface area contributed by atoms with Gasteiger partial charge in [0.15, 0.2) is 0 Å². The van der Waals surface area contributed by atoms with Crippen molar-refractivity contribution in [2.75, 3.05) is 0 Å². The van der Waals surface area contributed by atoms with E-state index in [-0.39, 0.29) is 101 Å². The number of amides is 1. The topological polar surface area (TPSA) is 20.3 Å². The molecule has 2 nitrogen and oxygen atoms in total. The number of nitrogens with zero attached hydrogens (tertiary/aromatic N) is 1. The second kappa shape index (κ2) is 31.5. The zero-order valence-electron chi connectivity index (χ0n) is 56.9. The molecule has 1 heterocycles. The second-order valence-corrected chi connectivity index (χ2v) is 45.1. The maximum absolute atomic E-state index is 19.1. The quantitative estimate of drug-likeness (QED) is 0.0334. The molecular formula is C80H79Cl6F6NOS12. The molecule has 0 radical (unpaired) electrons.